The summed E-state index contributed by atoms with van der Waals surface area (Å²) < 4.78 is 0. The lowest BCUT2D eigenvalue weighted by molar-refractivity contribution is -0.151. The standard InChI is InChI=1S/C13H24N2O3/c1-4-15(5-2)12(18)14-10-8-6-7-9-13(10,3)11(16)17/h10H,4-9H2,1-3H3,(H,14,18)(H,16,17). The fraction of sp³-hybridized carbons (Fsp3) is 0.846. The quantitative estimate of drug-likeness (QED) is 0.809. The third-order valence-corrected chi connectivity index (χ3v) is 4.04. The van der Waals surface area contributed by atoms with Gasteiger partial charge < -0.3 is 15.3 Å². The monoisotopic (exact) mass is 256 g/mol. The number of aliphatic carboxylic acids is 1. The van der Waals surface area contributed by atoms with Gasteiger partial charge in [-0.3, -0.25) is 4.79 Å². The van der Waals surface area contributed by atoms with E-state index in [1.165, 1.54) is 0 Å². The predicted octanol–water partition coefficient (Wildman–Crippen LogP) is 2.07. The fourth-order valence-corrected chi connectivity index (χ4v) is 2.57. The smallest absolute Gasteiger partial charge is 0.317 e. The van der Waals surface area contributed by atoms with Gasteiger partial charge in [0.1, 0.15) is 0 Å². The minimum Gasteiger partial charge on any atom is -0.481 e. The maximum absolute atomic E-state index is 12.0. The van der Waals surface area contributed by atoms with E-state index in [1.54, 1.807) is 11.8 Å². The first kappa shape index (κ1) is 14.8. The molecule has 104 valence electrons. The zero-order valence-electron chi connectivity index (χ0n) is 11.5. The maximum atomic E-state index is 12.0. The van der Waals surface area contributed by atoms with Crippen molar-refractivity contribution in [1.82, 2.24) is 10.2 Å². The molecule has 0 bridgehead atoms. The van der Waals surface area contributed by atoms with Crippen LogP contribution in [-0.4, -0.2) is 41.1 Å². The van der Waals surface area contributed by atoms with Gasteiger partial charge in [-0.05, 0) is 33.6 Å². The summed E-state index contributed by atoms with van der Waals surface area (Å²) in [5.41, 5.74) is -0.832. The van der Waals surface area contributed by atoms with Gasteiger partial charge in [0.15, 0.2) is 0 Å². The molecule has 0 radical (unpaired) electrons. The average molecular weight is 256 g/mol. The highest BCUT2D eigenvalue weighted by molar-refractivity contribution is 5.79. The molecular formula is C13H24N2O3. The third kappa shape index (κ3) is 2.94. The van der Waals surface area contributed by atoms with Crippen LogP contribution in [0.2, 0.25) is 0 Å². The highest BCUT2D eigenvalue weighted by atomic mass is 16.4. The molecule has 1 fully saturated rings. The van der Waals surface area contributed by atoms with E-state index >= 15 is 0 Å². The molecule has 5 heteroatoms. The molecule has 0 aromatic heterocycles. The molecule has 5 nitrogen and oxygen atoms in total. The number of nitrogens with zero attached hydrogens (tertiary/aromatic N) is 1. The Morgan fingerprint density at radius 1 is 1.33 bits per heavy atom. The van der Waals surface area contributed by atoms with E-state index in [0.29, 0.717) is 19.5 Å². The molecule has 1 aliphatic rings. The van der Waals surface area contributed by atoms with E-state index in [9.17, 15) is 14.7 Å². The van der Waals surface area contributed by atoms with Crippen LogP contribution in [0.3, 0.4) is 0 Å². The van der Waals surface area contributed by atoms with Gasteiger partial charge in [-0.15, -0.1) is 0 Å². The second-order valence-electron chi connectivity index (χ2n) is 5.14. The van der Waals surface area contributed by atoms with Crippen LogP contribution in [0, 0.1) is 5.41 Å². The first-order chi connectivity index (χ1) is 8.45. The molecule has 1 saturated carbocycles. The van der Waals surface area contributed by atoms with Crippen molar-refractivity contribution < 1.29 is 14.7 Å². The molecule has 0 aromatic rings. The first-order valence-electron chi connectivity index (χ1n) is 6.74. The average Bonchev–Trinajstić information content (AvgIpc) is 2.33. The molecule has 18 heavy (non-hydrogen) atoms. The maximum Gasteiger partial charge on any atom is 0.317 e. The van der Waals surface area contributed by atoms with Gasteiger partial charge in [-0.25, -0.2) is 4.79 Å². The van der Waals surface area contributed by atoms with Crippen LogP contribution >= 0.6 is 0 Å². The summed E-state index contributed by atoms with van der Waals surface area (Å²) in [6, 6.07) is -0.420. The molecular weight excluding hydrogens is 232 g/mol. The summed E-state index contributed by atoms with van der Waals surface area (Å²) in [5.74, 6) is -0.813. The van der Waals surface area contributed by atoms with Crippen molar-refractivity contribution in [2.24, 2.45) is 5.41 Å². The number of carbonyl (C=O) groups is 2. The van der Waals surface area contributed by atoms with E-state index in [2.05, 4.69) is 5.32 Å². The number of hydrogen-bond acceptors (Lipinski definition) is 2. The normalized spacial score (nSPS) is 27.6. The number of rotatable bonds is 4. The summed E-state index contributed by atoms with van der Waals surface area (Å²) in [4.78, 5) is 25.1. The molecule has 1 aliphatic carbocycles. The predicted molar refractivity (Wildman–Crippen MR) is 69.5 cm³/mol. The van der Waals surface area contributed by atoms with Gasteiger partial charge in [0.2, 0.25) is 0 Å². The highest BCUT2D eigenvalue weighted by Gasteiger charge is 2.44. The number of carboxylic acid groups (broad SMARTS) is 1. The lowest BCUT2D eigenvalue weighted by Gasteiger charge is -2.39. The van der Waals surface area contributed by atoms with Crippen LogP contribution in [0.15, 0.2) is 0 Å². The van der Waals surface area contributed by atoms with Crippen molar-refractivity contribution >= 4 is 12.0 Å². The SMILES string of the molecule is CCN(CC)C(=O)NC1CCCCC1(C)C(=O)O. The van der Waals surface area contributed by atoms with Gasteiger partial charge in [-0.1, -0.05) is 12.8 Å². The van der Waals surface area contributed by atoms with E-state index in [4.69, 9.17) is 0 Å². The van der Waals surface area contributed by atoms with E-state index in [1.807, 2.05) is 13.8 Å². The number of urea groups is 1. The number of hydrogen-bond donors (Lipinski definition) is 2. The Labute approximate surface area is 109 Å². The number of carbonyl (C=O) groups excluding carboxylic acids is 1. The molecule has 0 spiro atoms. The molecule has 0 saturated heterocycles. The van der Waals surface area contributed by atoms with Gasteiger partial charge in [-0.2, -0.15) is 0 Å². The summed E-state index contributed by atoms with van der Waals surface area (Å²) in [6.07, 6.45) is 3.27. The van der Waals surface area contributed by atoms with E-state index in [0.717, 1.165) is 19.3 Å². The first-order valence-corrected chi connectivity index (χ1v) is 6.74. The fourth-order valence-electron chi connectivity index (χ4n) is 2.57. The molecule has 2 atom stereocenters. The van der Waals surface area contributed by atoms with Gasteiger partial charge in [0, 0.05) is 19.1 Å². The zero-order chi connectivity index (χ0) is 13.8. The molecule has 1 rings (SSSR count). The summed E-state index contributed by atoms with van der Waals surface area (Å²) in [7, 11) is 0. The third-order valence-electron chi connectivity index (χ3n) is 4.04. The Kier molecular flexibility index (Phi) is 4.99. The van der Waals surface area contributed by atoms with Crippen molar-refractivity contribution in [3.63, 3.8) is 0 Å². The van der Waals surface area contributed by atoms with Crippen molar-refractivity contribution in [3.05, 3.63) is 0 Å². The molecule has 2 unspecified atom stereocenters. The Hall–Kier alpha value is -1.26. The lowest BCUT2D eigenvalue weighted by Crippen LogP contribution is -2.55. The van der Waals surface area contributed by atoms with E-state index in [-0.39, 0.29) is 12.1 Å². The Balaban J connectivity index is 2.74. The minimum atomic E-state index is -0.832. The molecule has 2 N–H and O–H groups in total. The topological polar surface area (TPSA) is 69.6 Å². The van der Waals surface area contributed by atoms with Crippen LogP contribution in [-0.2, 0) is 4.79 Å². The van der Waals surface area contributed by atoms with Crippen LogP contribution in [0.5, 0.6) is 0 Å². The molecule has 0 aromatic carbocycles. The Morgan fingerprint density at radius 2 is 1.94 bits per heavy atom. The van der Waals surface area contributed by atoms with Crippen molar-refractivity contribution in [3.8, 4) is 0 Å². The Bertz CT molecular complexity index is 315. The summed E-state index contributed by atoms with van der Waals surface area (Å²) >= 11 is 0. The number of nitrogens with one attached hydrogen (secondary N) is 1. The molecule has 2 amide bonds. The summed E-state index contributed by atoms with van der Waals surface area (Å²) in [5, 5.41) is 12.3. The van der Waals surface area contributed by atoms with Crippen LogP contribution in [0.1, 0.15) is 46.5 Å². The van der Waals surface area contributed by atoms with Gasteiger partial charge in [0.05, 0.1) is 5.41 Å². The second-order valence-corrected chi connectivity index (χ2v) is 5.14. The lowest BCUT2D eigenvalue weighted by atomic mass is 9.72. The summed E-state index contributed by atoms with van der Waals surface area (Å²) in [6.45, 7) is 6.85. The van der Waals surface area contributed by atoms with Crippen LogP contribution in [0.25, 0.3) is 0 Å². The van der Waals surface area contributed by atoms with Crippen molar-refractivity contribution in [2.75, 3.05) is 13.1 Å². The second kappa shape index (κ2) is 6.07. The largest absolute Gasteiger partial charge is 0.481 e. The van der Waals surface area contributed by atoms with E-state index < -0.39 is 11.4 Å². The van der Waals surface area contributed by atoms with Crippen molar-refractivity contribution in [1.29, 1.82) is 0 Å². The van der Waals surface area contributed by atoms with Gasteiger partial charge >= 0.3 is 12.0 Å². The number of carboxylic acids is 1. The van der Waals surface area contributed by atoms with Gasteiger partial charge in [0.25, 0.3) is 0 Å². The molecule has 0 aliphatic heterocycles. The highest BCUT2D eigenvalue weighted by Crippen LogP contribution is 2.36. The Morgan fingerprint density at radius 3 is 2.44 bits per heavy atom. The van der Waals surface area contributed by atoms with Crippen LogP contribution < -0.4 is 5.32 Å². The minimum absolute atomic E-state index is 0.153. The van der Waals surface area contributed by atoms with Crippen LogP contribution in [0.4, 0.5) is 4.79 Å². The molecule has 0 heterocycles. The number of amides is 2. The zero-order valence-corrected chi connectivity index (χ0v) is 11.5. The van der Waals surface area contributed by atoms with Crippen molar-refractivity contribution in [2.45, 2.75) is 52.5 Å².